The zero-order valence-electron chi connectivity index (χ0n) is 18.8. The number of hydrogen-bond donors (Lipinski definition) is 1. The normalized spacial score (nSPS) is 15.2. The number of carboxylic acid groups (broad SMARTS) is 1. The number of carboxylic acids is 1. The summed E-state index contributed by atoms with van der Waals surface area (Å²) in [4.78, 5) is 30.0. The van der Waals surface area contributed by atoms with E-state index < -0.39 is 12.1 Å². The summed E-state index contributed by atoms with van der Waals surface area (Å²) < 4.78 is 0. The molecule has 1 amide bonds. The zero-order chi connectivity index (χ0) is 23.7. The van der Waals surface area contributed by atoms with Gasteiger partial charge in [-0.1, -0.05) is 78.4 Å². The SMILES string of the molecule is Cc1ccc(N2C(=O)c3ccccc3N(Cc3ccccc3)[C@H]2c2ccccc2C(=O)O)cc1. The number of aromatic carboxylic acids is 1. The second kappa shape index (κ2) is 8.87. The van der Waals surface area contributed by atoms with Crippen molar-refractivity contribution >= 4 is 23.3 Å². The van der Waals surface area contributed by atoms with Gasteiger partial charge in [0.1, 0.15) is 6.17 Å². The van der Waals surface area contributed by atoms with Crippen molar-refractivity contribution in [1.82, 2.24) is 0 Å². The molecule has 5 heteroatoms. The molecule has 1 aliphatic heterocycles. The van der Waals surface area contributed by atoms with Crippen molar-refractivity contribution in [1.29, 1.82) is 0 Å². The van der Waals surface area contributed by atoms with E-state index >= 15 is 0 Å². The predicted molar refractivity (Wildman–Crippen MR) is 133 cm³/mol. The second-order valence-corrected chi connectivity index (χ2v) is 8.41. The van der Waals surface area contributed by atoms with Gasteiger partial charge in [-0.05, 0) is 42.8 Å². The zero-order valence-corrected chi connectivity index (χ0v) is 18.8. The van der Waals surface area contributed by atoms with Crippen LogP contribution < -0.4 is 9.80 Å². The maximum Gasteiger partial charge on any atom is 0.336 e. The molecule has 0 spiro atoms. The van der Waals surface area contributed by atoms with E-state index in [0.29, 0.717) is 23.4 Å². The maximum absolute atomic E-state index is 13.9. The van der Waals surface area contributed by atoms with E-state index in [0.717, 1.165) is 16.8 Å². The van der Waals surface area contributed by atoms with Crippen molar-refractivity contribution in [3.63, 3.8) is 0 Å². The van der Waals surface area contributed by atoms with Gasteiger partial charge in [-0.3, -0.25) is 9.69 Å². The number of benzene rings is 4. The summed E-state index contributed by atoms with van der Waals surface area (Å²) in [5, 5.41) is 10.0. The van der Waals surface area contributed by atoms with Crippen LogP contribution >= 0.6 is 0 Å². The van der Waals surface area contributed by atoms with Crippen LogP contribution in [0.1, 0.15) is 43.6 Å². The molecule has 1 atom stereocenters. The molecule has 1 aliphatic rings. The van der Waals surface area contributed by atoms with Crippen LogP contribution in [0, 0.1) is 6.92 Å². The highest BCUT2D eigenvalue weighted by atomic mass is 16.4. The topological polar surface area (TPSA) is 60.9 Å². The first-order valence-corrected chi connectivity index (χ1v) is 11.2. The number of carbonyl (C=O) groups is 2. The van der Waals surface area contributed by atoms with Crippen LogP contribution in [0.15, 0.2) is 103 Å². The van der Waals surface area contributed by atoms with Crippen molar-refractivity contribution in [2.75, 3.05) is 9.80 Å². The molecular formula is C29H24N2O3. The summed E-state index contributed by atoms with van der Waals surface area (Å²) >= 11 is 0. The molecular weight excluding hydrogens is 424 g/mol. The molecule has 1 N–H and O–H groups in total. The molecule has 1 heterocycles. The number of para-hydroxylation sites is 1. The highest BCUT2D eigenvalue weighted by molar-refractivity contribution is 6.12. The lowest BCUT2D eigenvalue weighted by Crippen LogP contribution is -2.50. The molecule has 0 unspecified atom stereocenters. The summed E-state index contributed by atoms with van der Waals surface area (Å²) in [6.45, 7) is 2.50. The molecule has 0 saturated carbocycles. The molecule has 5 nitrogen and oxygen atoms in total. The quantitative estimate of drug-likeness (QED) is 0.403. The third-order valence-corrected chi connectivity index (χ3v) is 6.18. The van der Waals surface area contributed by atoms with Gasteiger partial charge in [-0.25, -0.2) is 4.79 Å². The Labute approximate surface area is 198 Å². The van der Waals surface area contributed by atoms with Gasteiger partial charge in [0.2, 0.25) is 0 Å². The third-order valence-electron chi connectivity index (χ3n) is 6.18. The van der Waals surface area contributed by atoms with Crippen LogP contribution in [-0.4, -0.2) is 17.0 Å². The summed E-state index contributed by atoms with van der Waals surface area (Å²) in [7, 11) is 0. The van der Waals surface area contributed by atoms with Crippen molar-refractivity contribution in [2.45, 2.75) is 19.6 Å². The minimum Gasteiger partial charge on any atom is -0.478 e. The van der Waals surface area contributed by atoms with Gasteiger partial charge in [-0.2, -0.15) is 0 Å². The van der Waals surface area contributed by atoms with Crippen LogP contribution in [0.2, 0.25) is 0 Å². The van der Waals surface area contributed by atoms with E-state index in [-0.39, 0.29) is 11.5 Å². The van der Waals surface area contributed by atoms with Crippen LogP contribution in [0.3, 0.4) is 0 Å². The number of fused-ring (bicyclic) bond motifs is 1. The van der Waals surface area contributed by atoms with Crippen molar-refractivity contribution in [3.05, 3.63) is 131 Å². The van der Waals surface area contributed by atoms with Gasteiger partial charge in [0.25, 0.3) is 5.91 Å². The first kappa shape index (κ1) is 21.5. The number of rotatable bonds is 5. The van der Waals surface area contributed by atoms with E-state index in [2.05, 4.69) is 4.90 Å². The van der Waals surface area contributed by atoms with Crippen LogP contribution in [0.5, 0.6) is 0 Å². The molecule has 34 heavy (non-hydrogen) atoms. The van der Waals surface area contributed by atoms with E-state index in [1.54, 1.807) is 23.1 Å². The second-order valence-electron chi connectivity index (χ2n) is 8.41. The van der Waals surface area contributed by atoms with Gasteiger partial charge >= 0.3 is 5.97 Å². The number of hydrogen-bond acceptors (Lipinski definition) is 3. The first-order chi connectivity index (χ1) is 16.5. The molecule has 5 rings (SSSR count). The Bertz CT molecular complexity index is 1350. The monoisotopic (exact) mass is 448 g/mol. The molecule has 0 radical (unpaired) electrons. The number of amides is 1. The van der Waals surface area contributed by atoms with Gasteiger partial charge in [0.05, 0.1) is 16.8 Å². The van der Waals surface area contributed by atoms with Crippen molar-refractivity contribution in [2.24, 2.45) is 0 Å². The minimum absolute atomic E-state index is 0.158. The number of carbonyl (C=O) groups excluding carboxylic acids is 1. The van der Waals surface area contributed by atoms with Crippen molar-refractivity contribution < 1.29 is 14.7 Å². The lowest BCUT2D eigenvalue weighted by atomic mass is 9.96. The summed E-state index contributed by atoms with van der Waals surface area (Å²) in [5.41, 5.74) is 4.97. The Kier molecular flexibility index (Phi) is 5.60. The van der Waals surface area contributed by atoms with Gasteiger partial charge in [0, 0.05) is 17.8 Å². The van der Waals surface area contributed by atoms with E-state index in [1.807, 2.05) is 91.9 Å². The average molecular weight is 449 g/mol. The van der Waals surface area contributed by atoms with Crippen molar-refractivity contribution in [3.8, 4) is 0 Å². The predicted octanol–water partition coefficient (Wildman–Crippen LogP) is 6.06. The lowest BCUT2D eigenvalue weighted by Gasteiger charge is -2.46. The maximum atomic E-state index is 13.9. The summed E-state index contributed by atoms with van der Waals surface area (Å²) in [5.74, 6) is -1.18. The summed E-state index contributed by atoms with van der Waals surface area (Å²) in [6, 6.07) is 32.2. The van der Waals surface area contributed by atoms with Gasteiger partial charge < -0.3 is 10.0 Å². The fourth-order valence-corrected chi connectivity index (χ4v) is 4.56. The molecule has 0 saturated heterocycles. The standard InChI is InChI=1S/C29H24N2O3/c1-20-15-17-22(18-16-20)31-27(23-11-5-6-12-24(23)29(33)34)30(19-21-9-3-2-4-10-21)26-14-8-7-13-25(26)28(31)32/h2-18,27H,19H2,1H3,(H,33,34)/t27-/m1/s1. The average Bonchev–Trinajstić information content (AvgIpc) is 2.87. The van der Waals surface area contributed by atoms with Gasteiger partial charge in [-0.15, -0.1) is 0 Å². The molecule has 0 fully saturated rings. The summed E-state index contributed by atoms with van der Waals surface area (Å²) in [6.07, 6.45) is -0.641. The number of aryl methyl sites for hydroxylation is 1. The fraction of sp³-hybridized carbons (Fsp3) is 0.103. The molecule has 4 aromatic carbocycles. The molecule has 0 aliphatic carbocycles. The molecule has 168 valence electrons. The molecule has 0 aromatic heterocycles. The highest BCUT2D eigenvalue weighted by Crippen LogP contribution is 2.43. The smallest absolute Gasteiger partial charge is 0.336 e. The van der Waals surface area contributed by atoms with Gasteiger partial charge in [0.15, 0.2) is 0 Å². The first-order valence-electron chi connectivity index (χ1n) is 11.2. The third kappa shape index (κ3) is 3.82. The Morgan fingerprint density at radius 2 is 1.47 bits per heavy atom. The van der Waals surface area contributed by atoms with Crippen LogP contribution in [0.25, 0.3) is 0 Å². The lowest BCUT2D eigenvalue weighted by molar-refractivity contribution is 0.0693. The Hall–Kier alpha value is -4.38. The van der Waals surface area contributed by atoms with E-state index in [9.17, 15) is 14.7 Å². The Morgan fingerprint density at radius 1 is 0.824 bits per heavy atom. The Balaban J connectivity index is 1.77. The Morgan fingerprint density at radius 3 is 2.21 bits per heavy atom. The number of anilines is 2. The van der Waals surface area contributed by atoms with E-state index in [4.69, 9.17) is 0 Å². The molecule has 4 aromatic rings. The highest BCUT2D eigenvalue weighted by Gasteiger charge is 2.40. The van der Waals surface area contributed by atoms with Crippen LogP contribution in [0.4, 0.5) is 11.4 Å². The largest absolute Gasteiger partial charge is 0.478 e. The molecule has 0 bridgehead atoms. The fourth-order valence-electron chi connectivity index (χ4n) is 4.56. The minimum atomic E-state index is -1.02. The van der Waals surface area contributed by atoms with E-state index in [1.165, 1.54) is 0 Å². The van der Waals surface area contributed by atoms with Crippen LogP contribution in [-0.2, 0) is 6.54 Å². The number of nitrogens with zero attached hydrogens (tertiary/aromatic N) is 2.